The van der Waals surface area contributed by atoms with Crippen LogP contribution in [0.3, 0.4) is 0 Å². The highest BCUT2D eigenvalue weighted by Crippen LogP contribution is 2.40. The fourth-order valence-corrected chi connectivity index (χ4v) is 4.63. The molecule has 0 saturated carbocycles. The second-order valence-electron chi connectivity index (χ2n) is 4.21. The molecule has 1 rings (SSSR count). The molecule has 23 heavy (non-hydrogen) atoms. The zero-order valence-electron chi connectivity index (χ0n) is 11.1. The van der Waals surface area contributed by atoms with E-state index in [4.69, 9.17) is 0 Å². The Morgan fingerprint density at radius 1 is 0.826 bits per heavy atom. The van der Waals surface area contributed by atoms with Gasteiger partial charge in [0.1, 0.15) is 0 Å². The number of halogens is 6. The van der Waals surface area contributed by atoms with Crippen molar-refractivity contribution in [3.05, 3.63) is 35.9 Å². The van der Waals surface area contributed by atoms with Gasteiger partial charge in [0.15, 0.2) is 0 Å². The lowest BCUT2D eigenvalue weighted by Gasteiger charge is -2.29. The molecule has 132 valence electrons. The molecule has 0 fully saturated rings. The van der Waals surface area contributed by atoms with E-state index < -0.39 is 40.8 Å². The molecule has 0 aliphatic carbocycles. The number of nitrogens with zero attached hydrogens (tertiary/aromatic N) is 1. The highest BCUT2D eigenvalue weighted by Gasteiger charge is 2.63. The number of rotatable bonds is 4. The van der Waals surface area contributed by atoms with Crippen LogP contribution in [0, 0.1) is 0 Å². The molecular weight excluding hydrogens is 376 g/mol. The van der Waals surface area contributed by atoms with E-state index in [1.165, 1.54) is 18.2 Å². The third-order valence-corrected chi connectivity index (χ3v) is 6.58. The number of benzene rings is 1. The van der Waals surface area contributed by atoms with Gasteiger partial charge in [-0.1, -0.05) is 34.0 Å². The Balaban J connectivity index is 3.66. The normalized spacial score (nSPS) is 15.7. The van der Waals surface area contributed by atoms with Gasteiger partial charge in [-0.2, -0.15) is 26.3 Å². The van der Waals surface area contributed by atoms with Crippen molar-refractivity contribution in [2.45, 2.75) is 24.0 Å². The highest BCUT2D eigenvalue weighted by molar-refractivity contribution is 8.04. The van der Waals surface area contributed by atoms with Gasteiger partial charge >= 0.3 is 31.1 Å². The lowest BCUT2D eigenvalue weighted by molar-refractivity contribution is -0.0543. The Bertz CT molecular complexity index is 711. The summed E-state index contributed by atoms with van der Waals surface area (Å²) >= 11 is 0. The molecule has 5 nitrogen and oxygen atoms in total. The Labute approximate surface area is 127 Å². The number of sulfonamides is 2. The Hall–Kier alpha value is -1.34. The molecule has 0 aromatic heterocycles. The lowest BCUT2D eigenvalue weighted by Crippen LogP contribution is -2.50. The number of alkyl halides is 6. The van der Waals surface area contributed by atoms with E-state index >= 15 is 0 Å². The van der Waals surface area contributed by atoms with Gasteiger partial charge in [0.05, 0.1) is 6.04 Å². The van der Waals surface area contributed by atoms with Crippen molar-refractivity contribution in [2.75, 3.05) is 0 Å². The average Bonchev–Trinajstić information content (AvgIpc) is 2.36. The van der Waals surface area contributed by atoms with Gasteiger partial charge in [0, 0.05) is 0 Å². The maximum Gasteiger partial charge on any atom is 0.512 e. The van der Waals surface area contributed by atoms with Crippen LogP contribution in [0.25, 0.3) is 0 Å². The van der Waals surface area contributed by atoms with Crippen LogP contribution in [0.1, 0.15) is 18.5 Å². The van der Waals surface area contributed by atoms with Crippen LogP contribution in [-0.2, 0) is 20.0 Å². The second kappa shape index (κ2) is 5.94. The van der Waals surface area contributed by atoms with Crippen molar-refractivity contribution < 1.29 is 43.2 Å². The standard InChI is InChI=1S/C10H9F6NO4S2/c1-7(8-5-3-2-4-6-8)17(22(18,19)9(11,12)13)23(20,21)10(14,15)16/h2-7H,1H3. The first kappa shape index (κ1) is 19.7. The predicted octanol–water partition coefficient (Wildman–Crippen LogP) is 2.75. The van der Waals surface area contributed by atoms with Crippen LogP contribution >= 0.6 is 0 Å². The van der Waals surface area contributed by atoms with Gasteiger partial charge in [-0.3, -0.25) is 0 Å². The van der Waals surface area contributed by atoms with E-state index in [1.54, 1.807) is 0 Å². The number of hydrogen-bond donors (Lipinski definition) is 0. The Morgan fingerprint density at radius 2 is 1.17 bits per heavy atom. The molecule has 1 aromatic carbocycles. The molecule has 0 bridgehead atoms. The zero-order chi connectivity index (χ0) is 18.3. The van der Waals surface area contributed by atoms with Gasteiger partial charge in [0.2, 0.25) is 0 Å². The largest absolute Gasteiger partial charge is 0.512 e. The molecule has 0 amide bonds. The van der Waals surface area contributed by atoms with E-state index in [0.717, 1.165) is 12.1 Å². The van der Waals surface area contributed by atoms with Crippen molar-refractivity contribution in [3.63, 3.8) is 0 Å². The minimum Gasteiger partial charge on any atom is -0.202 e. The molecule has 0 radical (unpaired) electrons. The molecule has 0 heterocycles. The molecular formula is C10H9F6NO4S2. The van der Waals surface area contributed by atoms with Crippen LogP contribution in [0.15, 0.2) is 30.3 Å². The number of hydrogen-bond acceptors (Lipinski definition) is 4. The van der Waals surface area contributed by atoms with Crippen molar-refractivity contribution in [2.24, 2.45) is 0 Å². The molecule has 0 saturated heterocycles. The van der Waals surface area contributed by atoms with Gasteiger partial charge in [-0.15, -0.1) is 0 Å². The first-order valence-corrected chi connectivity index (χ1v) is 8.49. The van der Waals surface area contributed by atoms with Gasteiger partial charge < -0.3 is 0 Å². The van der Waals surface area contributed by atoms with Crippen molar-refractivity contribution in [1.29, 1.82) is 0 Å². The first-order chi connectivity index (χ1) is 10.1. The lowest BCUT2D eigenvalue weighted by atomic mass is 10.1. The molecule has 0 spiro atoms. The highest BCUT2D eigenvalue weighted by atomic mass is 32.3. The van der Waals surface area contributed by atoms with Gasteiger partial charge in [-0.25, -0.2) is 16.8 Å². The molecule has 0 aliphatic heterocycles. The molecule has 0 aliphatic rings. The van der Waals surface area contributed by atoms with E-state index in [1.807, 2.05) is 0 Å². The van der Waals surface area contributed by atoms with Crippen molar-refractivity contribution in [3.8, 4) is 0 Å². The van der Waals surface area contributed by atoms with Crippen LogP contribution in [0.4, 0.5) is 26.3 Å². The summed E-state index contributed by atoms with van der Waals surface area (Å²) in [5, 5.41) is 0. The third kappa shape index (κ3) is 3.61. The quantitative estimate of drug-likeness (QED) is 0.748. The summed E-state index contributed by atoms with van der Waals surface area (Å²) in [6, 6.07) is 3.49. The first-order valence-electron chi connectivity index (χ1n) is 5.61. The minimum atomic E-state index is -6.80. The summed E-state index contributed by atoms with van der Waals surface area (Å²) in [5.74, 6) is 0. The summed E-state index contributed by atoms with van der Waals surface area (Å²) in [6.07, 6.45) is 0. The monoisotopic (exact) mass is 385 g/mol. The van der Waals surface area contributed by atoms with E-state index in [2.05, 4.69) is 0 Å². The molecule has 0 N–H and O–H groups in total. The van der Waals surface area contributed by atoms with Crippen LogP contribution in [0.5, 0.6) is 0 Å². The van der Waals surface area contributed by atoms with Crippen LogP contribution < -0.4 is 0 Å². The topological polar surface area (TPSA) is 71.5 Å². The minimum absolute atomic E-state index is 0.367. The van der Waals surface area contributed by atoms with E-state index in [9.17, 15) is 43.2 Å². The summed E-state index contributed by atoms with van der Waals surface area (Å²) in [4.78, 5) is 0. The average molecular weight is 385 g/mol. The molecule has 13 heteroatoms. The Kier molecular flexibility index (Phi) is 5.09. The second-order valence-corrected chi connectivity index (χ2v) is 8.06. The fraction of sp³-hybridized carbons (Fsp3) is 0.400. The Morgan fingerprint density at radius 3 is 1.48 bits per heavy atom. The molecule has 1 atom stereocenters. The summed E-state index contributed by atoms with van der Waals surface area (Å²) in [7, 11) is -13.6. The zero-order valence-corrected chi connectivity index (χ0v) is 12.8. The summed E-state index contributed by atoms with van der Waals surface area (Å²) in [5.41, 5.74) is -12.8. The third-order valence-electron chi connectivity index (χ3n) is 2.66. The van der Waals surface area contributed by atoms with Crippen LogP contribution in [-0.4, -0.2) is 31.6 Å². The SMILES string of the molecule is CC(c1ccccc1)N(S(=O)(=O)C(F)(F)F)S(=O)(=O)C(F)(F)F. The molecule has 1 unspecified atom stereocenters. The summed E-state index contributed by atoms with van der Waals surface area (Å²) in [6.45, 7) is 0.599. The predicted molar refractivity (Wildman–Crippen MR) is 66.6 cm³/mol. The maximum atomic E-state index is 12.6. The van der Waals surface area contributed by atoms with Gasteiger partial charge in [0.25, 0.3) is 0 Å². The van der Waals surface area contributed by atoms with Gasteiger partial charge in [-0.05, 0) is 12.5 Å². The fourth-order valence-electron chi connectivity index (χ4n) is 1.60. The maximum absolute atomic E-state index is 12.6. The van der Waals surface area contributed by atoms with Crippen LogP contribution in [0.2, 0.25) is 0 Å². The molecule has 1 aromatic rings. The smallest absolute Gasteiger partial charge is 0.202 e. The summed E-state index contributed by atoms with van der Waals surface area (Å²) < 4.78 is 120. The van der Waals surface area contributed by atoms with Crippen molar-refractivity contribution in [1.82, 2.24) is 3.71 Å². The van der Waals surface area contributed by atoms with Crippen molar-refractivity contribution >= 4 is 20.0 Å². The van der Waals surface area contributed by atoms with E-state index in [-0.39, 0.29) is 5.56 Å². The van der Waals surface area contributed by atoms with E-state index in [0.29, 0.717) is 6.92 Å².